The largest absolute Gasteiger partial charge is 0.454 e. The highest BCUT2D eigenvalue weighted by Crippen LogP contribution is 2.42. The Hall–Kier alpha value is -4.09. The van der Waals surface area contributed by atoms with Crippen LogP contribution in [0.2, 0.25) is 13.1 Å². The van der Waals surface area contributed by atoms with Crippen LogP contribution in [-0.4, -0.2) is 13.1 Å². The number of benzene rings is 4. The molecule has 0 saturated carbocycles. The monoisotopic (exact) mass is 501 g/mol. The molecule has 0 bridgehead atoms. The summed E-state index contributed by atoms with van der Waals surface area (Å²) in [7, 11) is 0.193. The summed E-state index contributed by atoms with van der Waals surface area (Å²) in [5.74, 6) is -0.276. The van der Waals surface area contributed by atoms with Gasteiger partial charge in [-0.05, 0) is 57.8 Å². The maximum atomic E-state index is 15.6. The minimum atomic E-state index is -1.78. The van der Waals surface area contributed by atoms with Crippen molar-refractivity contribution in [1.82, 2.24) is 4.98 Å². The zero-order valence-electron chi connectivity index (χ0n) is 21.3. The zero-order chi connectivity index (χ0) is 25.5. The molecular weight excluding hydrogens is 475 g/mol. The summed E-state index contributed by atoms with van der Waals surface area (Å²) in [6.45, 7) is 6.86. The standard InChI is InChI=1S/C32H26FN2OSi/c1-19-9-11-22-23-12-13-25(33)30(32(23)36-31(22)29(19)26-15-16-34-18-35(26)2)20-10-14-28-24(17-20)21-7-5-6-8-27(21)37(28,3)4/h5-18H,1-4H3/q+1. The van der Waals surface area contributed by atoms with Gasteiger partial charge in [0, 0.05) is 16.8 Å². The van der Waals surface area contributed by atoms with Crippen LogP contribution in [-0.2, 0) is 7.05 Å². The van der Waals surface area contributed by atoms with Gasteiger partial charge in [0.25, 0.3) is 6.33 Å². The van der Waals surface area contributed by atoms with Gasteiger partial charge in [-0.1, -0.05) is 66.6 Å². The van der Waals surface area contributed by atoms with Gasteiger partial charge in [-0.25, -0.2) is 8.96 Å². The number of hydrogen-bond acceptors (Lipinski definition) is 2. The van der Waals surface area contributed by atoms with Crippen molar-refractivity contribution in [2.24, 2.45) is 7.05 Å². The van der Waals surface area contributed by atoms with Gasteiger partial charge < -0.3 is 4.42 Å². The van der Waals surface area contributed by atoms with E-state index in [1.165, 1.54) is 21.5 Å². The van der Waals surface area contributed by atoms with E-state index in [4.69, 9.17) is 4.42 Å². The molecule has 0 saturated heterocycles. The molecule has 3 heterocycles. The molecule has 2 aromatic heterocycles. The molecule has 1 aliphatic rings. The zero-order valence-corrected chi connectivity index (χ0v) is 22.3. The van der Waals surface area contributed by atoms with Crippen LogP contribution in [0.5, 0.6) is 0 Å². The lowest BCUT2D eigenvalue weighted by molar-refractivity contribution is -0.663. The lowest BCUT2D eigenvalue weighted by atomic mass is 9.96. The molecule has 0 radical (unpaired) electrons. The highest BCUT2D eigenvalue weighted by atomic mass is 28.3. The van der Waals surface area contributed by atoms with Gasteiger partial charge in [0.2, 0.25) is 0 Å². The third-order valence-corrected chi connectivity index (χ3v) is 11.6. The molecule has 1 aliphatic heterocycles. The van der Waals surface area contributed by atoms with E-state index in [9.17, 15) is 0 Å². The Labute approximate surface area is 215 Å². The predicted octanol–water partition coefficient (Wildman–Crippen LogP) is 6.39. The number of halogens is 1. The van der Waals surface area contributed by atoms with Crippen LogP contribution in [0, 0.1) is 12.7 Å². The van der Waals surface area contributed by atoms with Crippen molar-refractivity contribution in [2.45, 2.75) is 20.0 Å². The minimum Gasteiger partial charge on any atom is -0.454 e. The topological polar surface area (TPSA) is 29.9 Å². The number of fused-ring (bicyclic) bond motifs is 6. The SMILES string of the molecule is Cc1ccc2c(oc3c(-c4ccc5c(c4)-c4ccccc4[Si]5(C)C)c(F)ccc32)c1-c1ccnc[n+]1C. The number of rotatable bonds is 2. The van der Waals surface area contributed by atoms with Crippen molar-refractivity contribution >= 4 is 40.4 Å². The van der Waals surface area contributed by atoms with E-state index in [1.54, 1.807) is 18.6 Å². The molecule has 6 aromatic rings. The highest BCUT2D eigenvalue weighted by molar-refractivity contribution is 7.03. The van der Waals surface area contributed by atoms with Crippen molar-refractivity contribution in [3.8, 4) is 33.5 Å². The summed E-state index contributed by atoms with van der Waals surface area (Å²) in [5.41, 5.74) is 8.30. The van der Waals surface area contributed by atoms with E-state index in [1.807, 2.05) is 23.7 Å². The van der Waals surface area contributed by atoms with Gasteiger partial charge >= 0.3 is 0 Å². The molecule has 4 aromatic carbocycles. The number of nitrogens with zero attached hydrogens (tertiary/aromatic N) is 2. The molecule has 0 atom stereocenters. The normalized spacial score (nSPS) is 13.8. The summed E-state index contributed by atoms with van der Waals surface area (Å²) in [5, 5.41) is 4.74. The van der Waals surface area contributed by atoms with Gasteiger partial charge in [0.1, 0.15) is 36.9 Å². The van der Waals surface area contributed by atoms with E-state index in [-0.39, 0.29) is 5.82 Å². The molecule has 0 spiro atoms. The maximum Gasteiger partial charge on any atom is 0.286 e. The molecule has 0 amide bonds. The minimum absolute atomic E-state index is 0.276. The fourth-order valence-electron chi connectivity index (χ4n) is 6.13. The van der Waals surface area contributed by atoms with Gasteiger partial charge in [-0.3, -0.25) is 0 Å². The van der Waals surface area contributed by atoms with E-state index in [0.717, 1.165) is 38.7 Å². The van der Waals surface area contributed by atoms with Gasteiger partial charge in [-0.15, -0.1) is 0 Å². The fourth-order valence-corrected chi connectivity index (χ4v) is 9.21. The Morgan fingerprint density at radius 3 is 2.35 bits per heavy atom. The summed E-state index contributed by atoms with van der Waals surface area (Å²) in [6, 6.07) is 24.7. The van der Waals surface area contributed by atoms with Crippen LogP contribution in [0.25, 0.3) is 55.4 Å². The highest BCUT2D eigenvalue weighted by Gasteiger charge is 2.37. The van der Waals surface area contributed by atoms with Gasteiger partial charge in [-0.2, -0.15) is 0 Å². The third-order valence-electron chi connectivity index (χ3n) is 8.03. The summed E-state index contributed by atoms with van der Waals surface area (Å²) in [6.07, 6.45) is 3.57. The van der Waals surface area contributed by atoms with Crippen LogP contribution in [0.1, 0.15) is 5.56 Å². The second kappa shape index (κ2) is 7.70. The number of aromatic nitrogens is 2. The van der Waals surface area contributed by atoms with Gasteiger partial charge in [0.05, 0.1) is 18.2 Å². The molecule has 37 heavy (non-hydrogen) atoms. The first-order valence-electron chi connectivity index (χ1n) is 12.6. The van der Waals surface area contributed by atoms with Crippen LogP contribution < -0.4 is 14.9 Å². The van der Waals surface area contributed by atoms with Crippen molar-refractivity contribution in [3.63, 3.8) is 0 Å². The smallest absolute Gasteiger partial charge is 0.286 e. The van der Waals surface area contributed by atoms with E-state index < -0.39 is 8.07 Å². The van der Waals surface area contributed by atoms with E-state index >= 15 is 4.39 Å². The van der Waals surface area contributed by atoms with Crippen LogP contribution in [0.4, 0.5) is 4.39 Å². The van der Waals surface area contributed by atoms with Crippen molar-refractivity contribution in [1.29, 1.82) is 0 Å². The average molecular weight is 502 g/mol. The Balaban J connectivity index is 1.52. The lowest BCUT2D eigenvalue weighted by Crippen LogP contribution is -2.49. The summed E-state index contributed by atoms with van der Waals surface area (Å²) in [4.78, 5) is 4.23. The fraction of sp³-hybridized carbons (Fsp3) is 0.125. The molecule has 3 nitrogen and oxygen atoms in total. The van der Waals surface area contributed by atoms with Crippen LogP contribution in [0.3, 0.4) is 0 Å². The lowest BCUT2D eigenvalue weighted by Gasteiger charge is -2.18. The predicted molar refractivity (Wildman–Crippen MR) is 150 cm³/mol. The molecule has 7 rings (SSSR count). The molecule has 0 unspecified atom stereocenters. The summed E-state index contributed by atoms with van der Waals surface area (Å²) >= 11 is 0. The van der Waals surface area contributed by atoms with Crippen molar-refractivity contribution in [3.05, 3.63) is 96.7 Å². The Morgan fingerprint density at radius 2 is 1.54 bits per heavy atom. The Bertz CT molecular complexity index is 1900. The summed E-state index contributed by atoms with van der Waals surface area (Å²) < 4.78 is 24.2. The number of furan rings is 1. The van der Waals surface area contributed by atoms with E-state index in [2.05, 4.69) is 79.6 Å². The molecule has 0 aliphatic carbocycles. The number of hydrogen-bond donors (Lipinski definition) is 0. The maximum absolute atomic E-state index is 15.6. The van der Waals surface area contributed by atoms with Crippen LogP contribution in [0.15, 0.2) is 89.7 Å². The molecule has 0 N–H and O–H groups in total. The number of aryl methyl sites for hydroxylation is 2. The van der Waals surface area contributed by atoms with Crippen molar-refractivity contribution < 1.29 is 13.4 Å². The Morgan fingerprint density at radius 1 is 0.811 bits per heavy atom. The van der Waals surface area contributed by atoms with Gasteiger partial charge in [0.15, 0.2) is 0 Å². The first-order valence-corrected chi connectivity index (χ1v) is 15.6. The van der Waals surface area contributed by atoms with Crippen LogP contribution >= 0.6 is 0 Å². The third kappa shape index (κ3) is 3.04. The van der Waals surface area contributed by atoms with Crippen molar-refractivity contribution in [2.75, 3.05) is 0 Å². The van der Waals surface area contributed by atoms with E-state index in [0.29, 0.717) is 11.1 Å². The second-order valence-corrected chi connectivity index (χ2v) is 14.9. The quantitative estimate of drug-likeness (QED) is 0.203. The first kappa shape index (κ1) is 22.1. The molecular formula is C32H26FN2OSi+. The second-order valence-electron chi connectivity index (χ2n) is 10.5. The average Bonchev–Trinajstić information content (AvgIpc) is 3.37. The first-order chi connectivity index (χ1) is 17.9. The Kier molecular flexibility index (Phi) is 4.61. The molecule has 5 heteroatoms. The molecule has 180 valence electrons. The molecule has 0 fully saturated rings.